The van der Waals surface area contributed by atoms with Crippen molar-refractivity contribution < 1.29 is 18.0 Å². The van der Waals surface area contributed by atoms with Crippen molar-refractivity contribution in [1.29, 1.82) is 0 Å². The number of nitrogen functional groups attached to an aromatic ring is 1. The van der Waals surface area contributed by atoms with Crippen molar-refractivity contribution in [3.8, 4) is 11.3 Å². The van der Waals surface area contributed by atoms with Crippen molar-refractivity contribution in [2.24, 2.45) is 0 Å². The highest BCUT2D eigenvalue weighted by Gasteiger charge is 2.33. The van der Waals surface area contributed by atoms with E-state index in [9.17, 15) is 18.0 Å². The van der Waals surface area contributed by atoms with Gasteiger partial charge in [0.1, 0.15) is 5.82 Å². The van der Waals surface area contributed by atoms with Crippen LogP contribution in [0.2, 0.25) is 0 Å². The van der Waals surface area contributed by atoms with Crippen LogP contribution < -0.4 is 11.1 Å². The third-order valence-corrected chi connectivity index (χ3v) is 5.74. The van der Waals surface area contributed by atoms with E-state index >= 15 is 0 Å². The number of pyridine rings is 1. The zero-order chi connectivity index (χ0) is 25.7. The molecule has 0 spiro atoms. The summed E-state index contributed by atoms with van der Waals surface area (Å²) in [5, 5.41) is 2.53. The lowest BCUT2D eigenvalue weighted by Crippen LogP contribution is -2.15. The molecule has 0 atom stereocenters. The van der Waals surface area contributed by atoms with Crippen LogP contribution in [0.5, 0.6) is 0 Å². The Morgan fingerprint density at radius 1 is 1.03 bits per heavy atom. The molecule has 0 aliphatic carbocycles. The molecule has 184 valence electrons. The first-order valence-corrected chi connectivity index (χ1v) is 11.3. The minimum atomic E-state index is -4.61. The van der Waals surface area contributed by atoms with Crippen LogP contribution in [0, 0.1) is 6.92 Å². The summed E-state index contributed by atoms with van der Waals surface area (Å²) >= 11 is 0. The molecule has 1 amide bonds. The molecule has 6 nitrogen and oxygen atoms in total. The third kappa shape index (κ3) is 6.04. The molecule has 0 saturated carbocycles. The van der Waals surface area contributed by atoms with E-state index in [2.05, 4.69) is 20.3 Å². The maximum Gasteiger partial charge on any atom is 0.418 e. The van der Waals surface area contributed by atoms with Gasteiger partial charge < -0.3 is 11.1 Å². The highest BCUT2D eigenvalue weighted by Crippen LogP contribution is 2.35. The van der Waals surface area contributed by atoms with Gasteiger partial charge in [0.15, 0.2) is 0 Å². The van der Waals surface area contributed by atoms with E-state index in [-0.39, 0.29) is 5.69 Å². The summed E-state index contributed by atoms with van der Waals surface area (Å²) < 4.78 is 39.4. The zero-order valence-corrected chi connectivity index (χ0v) is 19.5. The monoisotopic (exact) mass is 491 g/mol. The van der Waals surface area contributed by atoms with Crippen LogP contribution >= 0.6 is 0 Å². The van der Waals surface area contributed by atoms with Gasteiger partial charge in [-0.1, -0.05) is 6.07 Å². The number of aromatic nitrogens is 3. The Hall–Kier alpha value is -4.27. The number of nitrogens with one attached hydrogen (secondary N) is 1. The standard InChI is InChI=1S/C27H24F3N5O/c1-17-7-8-19(26(36)34-21-9-10-23(31)22(15-21)27(28,29)30)14-18(17)4-2-6-25-33-13-11-24(35-25)20-5-3-12-32-16-20/h3,5,7-16H,2,4,6,31H2,1H3,(H,34,36). The average Bonchev–Trinajstić information content (AvgIpc) is 2.86. The smallest absolute Gasteiger partial charge is 0.398 e. The third-order valence-electron chi connectivity index (χ3n) is 5.74. The predicted molar refractivity (Wildman–Crippen MR) is 132 cm³/mol. The van der Waals surface area contributed by atoms with E-state index in [1.165, 1.54) is 6.07 Å². The number of carbonyl (C=O) groups is 1. The minimum absolute atomic E-state index is 0.0225. The molecule has 2 heterocycles. The quantitative estimate of drug-likeness (QED) is 0.315. The first-order valence-electron chi connectivity index (χ1n) is 11.3. The number of rotatable bonds is 7. The molecule has 0 bridgehead atoms. The first kappa shape index (κ1) is 24.8. The van der Waals surface area contributed by atoms with Crippen molar-refractivity contribution in [1.82, 2.24) is 15.0 Å². The van der Waals surface area contributed by atoms with E-state index in [1.54, 1.807) is 30.7 Å². The van der Waals surface area contributed by atoms with Crippen molar-refractivity contribution in [3.63, 3.8) is 0 Å². The van der Waals surface area contributed by atoms with Crippen LogP contribution in [-0.2, 0) is 19.0 Å². The van der Waals surface area contributed by atoms with Gasteiger partial charge in [-0.3, -0.25) is 9.78 Å². The largest absolute Gasteiger partial charge is 0.418 e. The number of alkyl halides is 3. The number of aryl methyl sites for hydroxylation is 3. The summed E-state index contributed by atoms with van der Waals surface area (Å²) in [6.45, 7) is 1.95. The Morgan fingerprint density at radius 3 is 2.61 bits per heavy atom. The van der Waals surface area contributed by atoms with Crippen molar-refractivity contribution >= 4 is 17.3 Å². The van der Waals surface area contributed by atoms with Crippen molar-refractivity contribution in [3.05, 3.63) is 101 Å². The van der Waals surface area contributed by atoms with Crippen LogP contribution in [0.25, 0.3) is 11.3 Å². The maximum absolute atomic E-state index is 13.1. The Balaban J connectivity index is 1.42. The van der Waals surface area contributed by atoms with Gasteiger partial charge >= 0.3 is 6.18 Å². The predicted octanol–water partition coefficient (Wildman–Crippen LogP) is 5.88. The molecule has 2 aromatic heterocycles. The fraction of sp³-hybridized carbons (Fsp3) is 0.185. The number of benzene rings is 2. The molecule has 2 aromatic carbocycles. The molecule has 3 N–H and O–H groups in total. The second-order valence-electron chi connectivity index (χ2n) is 8.35. The molecule has 0 fully saturated rings. The molecule has 0 aliphatic heterocycles. The van der Waals surface area contributed by atoms with E-state index in [0.29, 0.717) is 24.2 Å². The summed E-state index contributed by atoms with van der Waals surface area (Å²) in [7, 11) is 0. The number of nitrogens with zero attached hydrogens (tertiary/aromatic N) is 3. The number of hydrogen-bond acceptors (Lipinski definition) is 5. The lowest BCUT2D eigenvalue weighted by atomic mass is 9.99. The van der Waals surface area contributed by atoms with Gasteiger partial charge in [-0.25, -0.2) is 9.97 Å². The van der Waals surface area contributed by atoms with Gasteiger partial charge in [0, 0.05) is 47.5 Å². The molecule has 36 heavy (non-hydrogen) atoms. The Kier molecular flexibility index (Phi) is 7.28. The van der Waals surface area contributed by atoms with Gasteiger partial charge in [-0.15, -0.1) is 0 Å². The van der Waals surface area contributed by atoms with E-state index in [1.807, 2.05) is 31.2 Å². The molecule has 0 saturated heterocycles. The number of amides is 1. The van der Waals surface area contributed by atoms with Gasteiger partial charge in [0.25, 0.3) is 5.91 Å². The normalized spacial score (nSPS) is 11.3. The molecule has 0 radical (unpaired) electrons. The number of hydrogen-bond donors (Lipinski definition) is 2. The Morgan fingerprint density at radius 2 is 1.86 bits per heavy atom. The molecule has 0 unspecified atom stereocenters. The van der Waals surface area contributed by atoms with Gasteiger partial charge in [-0.2, -0.15) is 13.2 Å². The highest BCUT2D eigenvalue weighted by molar-refractivity contribution is 6.04. The van der Waals surface area contributed by atoms with E-state index in [0.717, 1.165) is 40.9 Å². The minimum Gasteiger partial charge on any atom is -0.398 e. The molecular formula is C27H24F3N5O. The molecular weight excluding hydrogens is 467 g/mol. The first-order chi connectivity index (χ1) is 17.2. The summed E-state index contributed by atoms with van der Waals surface area (Å²) in [6.07, 6.45) is 2.67. The fourth-order valence-corrected chi connectivity index (χ4v) is 3.80. The topological polar surface area (TPSA) is 93.8 Å². The highest BCUT2D eigenvalue weighted by atomic mass is 19.4. The summed E-state index contributed by atoms with van der Waals surface area (Å²) in [4.78, 5) is 25.8. The number of nitrogens with two attached hydrogens (primary N) is 1. The summed E-state index contributed by atoms with van der Waals surface area (Å²) in [6, 6.07) is 14.2. The molecule has 0 aliphatic rings. The lowest BCUT2D eigenvalue weighted by molar-refractivity contribution is -0.136. The zero-order valence-electron chi connectivity index (χ0n) is 19.5. The number of halogens is 3. The average molecular weight is 492 g/mol. The summed E-state index contributed by atoms with van der Waals surface area (Å²) in [5.41, 5.74) is 8.14. The van der Waals surface area contributed by atoms with Crippen molar-refractivity contribution in [2.45, 2.75) is 32.4 Å². The summed E-state index contributed by atoms with van der Waals surface area (Å²) in [5.74, 6) is 0.216. The Labute approximate surface area is 206 Å². The van der Waals surface area contributed by atoms with Crippen LogP contribution in [0.3, 0.4) is 0 Å². The maximum atomic E-state index is 13.1. The SMILES string of the molecule is Cc1ccc(C(=O)Nc2ccc(N)c(C(F)(F)F)c2)cc1CCCc1nccc(-c2cccnc2)n1. The second kappa shape index (κ2) is 10.6. The molecule has 9 heteroatoms. The van der Waals surface area contributed by atoms with Crippen LogP contribution in [0.4, 0.5) is 24.5 Å². The van der Waals surface area contributed by atoms with Gasteiger partial charge in [0.05, 0.1) is 11.3 Å². The molecule has 4 aromatic rings. The second-order valence-corrected chi connectivity index (χ2v) is 8.35. The van der Waals surface area contributed by atoms with Gasteiger partial charge in [0.2, 0.25) is 0 Å². The van der Waals surface area contributed by atoms with E-state index < -0.39 is 23.3 Å². The Bertz CT molecular complexity index is 1370. The van der Waals surface area contributed by atoms with Crippen LogP contribution in [-0.4, -0.2) is 20.9 Å². The van der Waals surface area contributed by atoms with Crippen LogP contribution in [0.15, 0.2) is 73.2 Å². The fourth-order valence-electron chi connectivity index (χ4n) is 3.80. The van der Waals surface area contributed by atoms with Crippen molar-refractivity contribution in [2.75, 3.05) is 11.1 Å². The van der Waals surface area contributed by atoms with E-state index in [4.69, 9.17) is 5.73 Å². The number of carbonyl (C=O) groups excluding carboxylic acids is 1. The number of anilines is 2. The molecule has 4 rings (SSSR count). The van der Waals surface area contributed by atoms with Gasteiger partial charge in [-0.05, 0) is 79.4 Å². The lowest BCUT2D eigenvalue weighted by Gasteiger charge is -2.13. The van der Waals surface area contributed by atoms with Crippen LogP contribution in [0.1, 0.15) is 39.3 Å².